The maximum absolute atomic E-state index is 14.8. The van der Waals surface area contributed by atoms with Gasteiger partial charge in [0.2, 0.25) is 0 Å². The fraction of sp³-hybridized carbons (Fsp3) is 0.385. The topological polar surface area (TPSA) is 76.7 Å². The second kappa shape index (κ2) is 9.45. The van der Waals surface area contributed by atoms with E-state index in [4.69, 9.17) is 28.2 Å². The molecule has 4 aromatic rings. The largest absolute Gasteiger partial charge is 0.376 e. The van der Waals surface area contributed by atoms with Gasteiger partial charge in [0.1, 0.15) is 22.5 Å². The Kier molecular flexibility index (Phi) is 6.51. The molecule has 0 saturated heterocycles. The Hall–Kier alpha value is -2.61. The fourth-order valence-corrected chi connectivity index (χ4v) is 5.40. The molecule has 0 bridgehead atoms. The highest BCUT2D eigenvalue weighted by molar-refractivity contribution is 6.31. The van der Waals surface area contributed by atoms with Crippen LogP contribution in [0, 0.1) is 17.7 Å². The van der Waals surface area contributed by atoms with Gasteiger partial charge in [0.05, 0.1) is 21.7 Å². The number of hydrogen-bond donors (Lipinski definition) is 1. The Labute approximate surface area is 213 Å². The fourth-order valence-electron chi connectivity index (χ4n) is 5.04. The number of aliphatic hydroxyl groups is 1. The number of imidazole rings is 1. The van der Waals surface area contributed by atoms with E-state index in [1.807, 2.05) is 4.57 Å². The van der Waals surface area contributed by atoms with Crippen molar-refractivity contribution in [3.05, 3.63) is 70.4 Å². The van der Waals surface area contributed by atoms with E-state index in [0.29, 0.717) is 51.5 Å². The average Bonchev–Trinajstić information content (AvgIpc) is 3.19. The lowest BCUT2D eigenvalue weighted by Gasteiger charge is -2.29. The quantitative estimate of drug-likeness (QED) is 0.311. The number of aromatic nitrogens is 5. The van der Waals surface area contributed by atoms with Crippen molar-refractivity contribution in [1.82, 2.24) is 24.5 Å². The average molecular weight is 514 g/mol. The van der Waals surface area contributed by atoms with Crippen molar-refractivity contribution in [2.75, 3.05) is 0 Å². The lowest BCUT2D eigenvalue weighted by molar-refractivity contribution is 0.0777. The van der Waals surface area contributed by atoms with Crippen LogP contribution in [0.15, 0.2) is 42.9 Å². The molecule has 1 aliphatic rings. The molecule has 0 aromatic carbocycles. The third-order valence-electron chi connectivity index (χ3n) is 6.90. The Bertz CT molecular complexity index is 1380. The highest BCUT2D eigenvalue weighted by Gasteiger charge is 2.37. The summed E-state index contributed by atoms with van der Waals surface area (Å²) >= 11 is 12.6. The molecule has 4 aromatic heterocycles. The van der Waals surface area contributed by atoms with Crippen molar-refractivity contribution < 1.29 is 9.50 Å². The first-order valence-electron chi connectivity index (χ1n) is 11.8. The first-order valence-corrected chi connectivity index (χ1v) is 12.5. The van der Waals surface area contributed by atoms with Crippen LogP contribution in [0.5, 0.6) is 0 Å². The van der Waals surface area contributed by atoms with Crippen LogP contribution < -0.4 is 0 Å². The molecule has 5 rings (SSSR count). The standard InChI is InChI=1S/C26H26Cl2FN5O/c1-15-5-7-16(8-6-15)14-34-23-20(11-21(28)33-22(23)17-10-18(27)13-30-12-17)32-25(34)26(2,35)24-19(29)4-3-9-31-24/h3-4,9-13,15-16,35H,5-8,14H2,1-2H3/t15?,16?,26-/m0/s1. The van der Waals surface area contributed by atoms with Crippen LogP contribution >= 0.6 is 23.2 Å². The van der Waals surface area contributed by atoms with Crippen LogP contribution in [0.3, 0.4) is 0 Å². The summed E-state index contributed by atoms with van der Waals surface area (Å²) in [5.74, 6) is 0.777. The normalized spacial score (nSPS) is 20.2. The predicted molar refractivity (Wildman–Crippen MR) is 135 cm³/mol. The molecule has 0 aliphatic heterocycles. The summed E-state index contributed by atoms with van der Waals surface area (Å²) in [7, 11) is 0. The minimum atomic E-state index is -1.79. The molecule has 1 aliphatic carbocycles. The molecule has 0 spiro atoms. The monoisotopic (exact) mass is 513 g/mol. The van der Waals surface area contributed by atoms with Gasteiger partial charge in [-0.1, -0.05) is 43.0 Å². The van der Waals surface area contributed by atoms with Gasteiger partial charge in [-0.2, -0.15) is 0 Å². The summed E-state index contributed by atoms with van der Waals surface area (Å²) in [5, 5.41) is 12.4. The summed E-state index contributed by atoms with van der Waals surface area (Å²) in [6, 6.07) is 6.21. The van der Waals surface area contributed by atoms with Gasteiger partial charge in [0, 0.05) is 36.8 Å². The maximum atomic E-state index is 14.8. The number of nitrogens with zero attached hydrogens (tertiary/aromatic N) is 5. The molecule has 1 N–H and O–H groups in total. The molecule has 35 heavy (non-hydrogen) atoms. The molecular weight excluding hydrogens is 488 g/mol. The molecule has 0 amide bonds. The molecule has 0 unspecified atom stereocenters. The smallest absolute Gasteiger partial charge is 0.164 e. The van der Waals surface area contributed by atoms with Crippen LogP contribution in [-0.2, 0) is 12.1 Å². The number of halogens is 3. The van der Waals surface area contributed by atoms with Crippen molar-refractivity contribution in [2.24, 2.45) is 11.8 Å². The highest BCUT2D eigenvalue weighted by atomic mass is 35.5. The van der Waals surface area contributed by atoms with Crippen molar-refractivity contribution in [3.8, 4) is 11.3 Å². The third-order valence-corrected chi connectivity index (χ3v) is 7.30. The molecule has 9 heteroatoms. The molecule has 1 saturated carbocycles. The van der Waals surface area contributed by atoms with E-state index in [2.05, 4.69) is 21.9 Å². The Morgan fingerprint density at radius 1 is 1.14 bits per heavy atom. The van der Waals surface area contributed by atoms with E-state index in [9.17, 15) is 9.50 Å². The summed E-state index contributed by atoms with van der Waals surface area (Å²) in [6.45, 7) is 4.40. The van der Waals surface area contributed by atoms with E-state index < -0.39 is 11.4 Å². The minimum absolute atomic E-state index is 0.0844. The molecule has 4 heterocycles. The lowest BCUT2D eigenvalue weighted by atomic mass is 9.83. The molecule has 0 radical (unpaired) electrons. The van der Waals surface area contributed by atoms with Crippen molar-refractivity contribution in [1.29, 1.82) is 0 Å². The van der Waals surface area contributed by atoms with E-state index >= 15 is 0 Å². The first kappa shape index (κ1) is 24.1. The van der Waals surface area contributed by atoms with Crippen molar-refractivity contribution in [2.45, 2.75) is 51.7 Å². The summed E-state index contributed by atoms with van der Waals surface area (Å²) in [6.07, 6.45) is 9.10. The first-order chi connectivity index (χ1) is 16.7. The Morgan fingerprint density at radius 3 is 2.63 bits per heavy atom. The maximum Gasteiger partial charge on any atom is 0.164 e. The lowest BCUT2D eigenvalue weighted by Crippen LogP contribution is -2.31. The number of hydrogen-bond acceptors (Lipinski definition) is 5. The van der Waals surface area contributed by atoms with Crippen LogP contribution in [-0.4, -0.2) is 29.6 Å². The molecule has 182 valence electrons. The van der Waals surface area contributed by atoms with Gasteiger partial charge >= 0.3 is 0 Å². The Balaban J connectivity index is 1.75. The van der Waals surface area contributed by atoms with Gasteiger partial charge < -0.3 is 9.67 Å². The predicted octanol–water partition coefficient (Wildman–Crippen LogP) is 6.42. The summed E-state index contributed by atoms with van der Waals surface area (Å²) in [5.41, 5.74) is 0.613. The zero-order chi connectivity index (χ0) is 24.7. The second-order valence-electron chi connectivity index (χ2n) is 9.63. The van der Waals surface area contributed by atoms with Crippen molar-refractivity contribution in [3.63, 3.8) is 0 Å². The minimum Gasteiger partial charge on any atom is -0.376 e. The summed E-state index contributed by atoms with van der Waals surface area (Å²) in [4.78, 5) is 17.7. The Morgan fingerprint density at radius 2 is 1.91 bits per heavy atom. The molecule has 1 atom stereocenters. The van der Waals surface area contributed by atoms with Crippen LogP contribution in [0.4, 0.5) is 4.39 Å². The van der Waals surface area contributed by atoms with Crippen LogP contribution in [0.25, 0.3) is 22.3 Å². The van der Waals surface area contributed by atoms with Crippen LogP contribution in [0.2, 0.25) is 10.2 Å². The number of rotatable bonds is 5. The van der Waals surface area contributed by atoms with Crippen molar-refractivity contribution >= 4 is 34.2 Å². The molecular formula is C26H26Cl2FN5O. The summed E-state index contributed by atoms with van der Waals surface area (Å²) < 4.78 is 16.8. The van der Waals surface area contributed by atoms with Gasteiger partial charge in [-0.15, -0.1) is 0 Å². The van der Waals surface area contributed by atoms with Gasteiger partial charge in [0.25, 0.3) is 0 Å². The third kappa shape index (κ3) is 4.65. The number of pyridine rings is 3. The zero-order valence-corrected chi connectivity index (χ0v) is 21.1. The van der Waals surface area contributed by atoms with E-state index in [0.717, 1.165) is 25.7 Å². The highest BCUT2D eigenvalue weighted by Crippen LogP contribution is 2.38. The van der Waals surface area contributed by atoms with Gasteiger partial charge in [-0.25, -0.2) is 14.4 Å². The molecule has 6 nitrogen and oxygen atoms in total. The SMILES string of the molecule is CC1CCC(Cn2c([C@@](C)(O)c3ncccc3F)nc3cc(Cl)nc(-c4cncc(Cl)c4)c32)CC1. The van der Waals surface area contributed by atoms with E-state index in [1.54, 1.807) is 24.5 Å². The molecule has 1 fully saturated rings. The zero-order valence-electron chi connectivity index (χ0n) is 19.5. The second-order valence-corrected chi connectivity index (χ2v) is 10.5. The van der Waals surface area contributed by atoms with E-state index in [1.165, 1.54) is 25.3 Å². The van der Waals surface area contributed by atoms with Crippen LogP contribution in [0.1, 0.15) is 51.0 Å². The number of fused-ring (bicyclic) bond motifs is 1. The van der Waals surface area contributed by atoms with Gasteiger partial charge in [-0.3, -0.25) is 9.97 Å². The van der Waals surface area contributed by atoms with Gasteiger partial charge in [-0.05, 0) is 49.8 Å². The van der Waals surface area contributed by atoms with Gasteiger partial charge in [0.15, 0.2) is 5.60 Å². The van der Waals surface area contributed by atoms with E-state index in [-0.39, 0.29) is 10.8 Å².